The summed E-state index contributed by atoms with van der Waals surface area (Å²) in [5.41, 5.74) is 2.33. The Morgan fingerprint density at radius 1 is 1.21 bits per heavy atom. The Morgan fingerprint density at radius 3 is 2.32 bits per heavy atom. The summed E-state index contributed by atoms with van der Waals surface area (Å²) in [4.78, 5) is 0. The van der Waals surface area contributed by atoms with Crippen molar-refractivity contribution in [3.8, 4) is 0 Å². The van der Waals surface area contributed by atoms with E-state index in [-0.39, 0.29) is 17.3 Å². The third-order valence-electron chi connectivity index (χ3n) is 3.98. The van der Waals surface area contributed by atoms with Crippen LogP contribution in [-0.4, -0.2) is 6.54 Å². The molecule has 2 unspecified atom stereocenters. The number of hydrogen-bond donors (Lipinski definition) is 1. The minimum Gasteiger partial charge on any atom is -0.310 e. The fraction of sp³-hybridized carbons (Fsp3) is 0.647. The summed E-state index contributed by atoms with van der Waals surface area (Å²) in [5.74, 6) is 0.432. The van der Waals surface area contributed by atoms with Crippen molar-refractivity contribution in [2.75, 3.05) is 6.54 Å². The van der Waals surface area contributed by atoms with Gasteiger partial charge in [-0.3, -0.25) is 0 Å². The minimum atomic E-state index is -0.138. The van der Waals surface area contributed by atoms with Crippen LogP contribution in [0.4, 0.5) is 4.39 Å². The first-order valence-corrected chi connectivity index (χ1v) is 7.24. The van der Waals surface area contributed by atoms with Crippen molar-refractivity contribution in [3.63, 3.8) is 0 Å². The van der Waals surface area contributed by atoms with Crippen molar-refractivity contribution in [3.05, 3.63) is 35.1 Å². The number of benzene rings is 1. The second-order valence-electron chi connectivity index (χ2n) is 6.67. The average Bonchev–Trinajstić information content (AvgIpc) is 2.25. The first kappa shape index (κ1) is 16.2. The molecule has 1 rings (SSSR count). The Balaban J connectivity index is 2.93. The van der Waals surface area contributed by atoms with Crippen LogP contribution >= 0.6 is 0 Å². The fourth-order valence-corrected chi connectivity index (χ4v) is 2.26. The maximum atomic E-state index is 13.6. The first-order chi connectivity index (χ1) is 8.74. The molecule has 0 spiro atoms. The standard InChI is InChI=1S/C17H28FN/c1-7-19-16(10-13(3)17(4,5)6)14-8-12(2)9-15(18)11-14/h8-9,11,13,16,19H,7,10H2,1-6H3. The van der Waals surface area contributed by atoms with Crippen LogP contribution in [0.1, 0.15) is 58.2 Å². The van der Waals surface area contributed by atoms with E-state index in [0.29, 0.717) is 5.92 Å². The molecule has 0 amide bonds. The van der Waals surface area contributed by atoms with Crippen molar-refractivity contribution >= 4 is 0 Å². The van der Waals surface area contributed by atoms with Gasteiger partial charge in [0, 0.05) is 6.04 Å². The molecule has 0 saturated carbocycles. The topological polar surface area (TPSA) is 12.0 Å². The van der Waals surface area contributed by atoms with Crippen LogP contribution in [0.15, 0.2) is 18.2 Å². The predicted octanol–water partition coefficient (Wildman–Crippen LogP) is 4.86. The highest BCUT2D eigenvalue weighted by atomic mass is 19.1. The van der Waals surface area contributed by atoms with Gasteiger partial charge in [0.25, 0.3) is 0 Å². The largest absolute Gasteiger partial charge is 0.310 e. The molecular weight excluding hydrogens is 237 g/mol. The zero-order valence-electron chi connectivity index (χ0n) is 13.2. The van der Waals surface area contributed by atoms with Crippen molar-refractivity contribution in [1.82, 2.24) is 5.32 Å². The van der Waals surface area contributed by atoms with E-state index in [1.54, 1.807) is 12.1 Å². The molecule has 1 nitrogen and oxygen atoms in total. The van der Waals surface area contributed by atoms with E-state index < -0.39 is 0 Å². The molecular formula is C17H28FN. The zero-order chi connectivity index (χ0) is 14.6. The third kappa shape index (κ3) is 4.94. The second kappa shape index (κ2) is 6.51. The van der Waals surface area contributed by atoms with E-state index in [0.717, 1.165) is 24.1 Å². The van der Waals surface area contributed by atoms with Gasteiger partial charge in [-0.2, -0.15) is 0 Å². The summed E-state index contributed by atoms with van der Waals surface area (Å²) in [6.45, 7) is 14.0. The molecule has 2 atom stereocenters. The van der Waals surface area contributed by atoms with E-state index in [2.05, 4.69) is 46.0 Å². The number of rotatable bonds is 5. The minimum absolute atomic E-state index is 0.138. The molecule has 1 N–H and O–H groups in total. The van der Waals surface area contributed by atoms with Gasteiger partial charge >= 0.3 is 0 Å². The van der Waals surface area contributed by atoms with Crippen LogP contribution in [0.25, 0.3) is 0 Å². The smallest absolute Gasteiger partial charge is 0.123 e. The summed E-state index contributed by atoms with van der Waals surface area (Å²) < 4.78 is 13.6. The van der Waals surface area contributed by atoms with E-state index in [1.807, 2.05) is 6.92 Å². The van der Waals surface area contributed by atoms with Gasteiger partial charge in [-0.15, -0.1) is 0 Å². The van der Waals surface area contributed by atoms with Crippen LogP contribution < -0.4 is 5.32 Å². The first-order valence-electron chi connectivity index (χ1n) is 7.24. The Labute approximate surface area is 117 Å². The lowest BCUT2D eigenvalue weighted by Crippen LogP contribution is -2.27. The van der Waals surface area contributed by atoms with Crippen LogP contribution in [-0.2, 0) is 0 Å². The van der Waals surface area contributed by atoms with Gasteiger partial charge in [0.15, 0.2) is 0 Å². The number of nitrogens with one attached hydrogen (secondary N) is 1. The number of hydrogen-bond acceptors (Lipinski definition) is 1. The lowest BCUT2D eigenvalue weighted by atomic mass is 9.77. The van der Waals surface area contributed by atoms with Gasteiger partial charge in [0.2, 0.25) is 0 Å². The molecule has 1 aromatic carbocycles. The van der Waals surface area contributed by atoms with Crippen LogP contribution in [0, 0.1) is 24.1 Å². The summed E-state index contributed by atoms with van der Waals surface area (Å²) in [6.07, 6.45) is 1.03. The molecule has 0 bridgehead atoms. The summed E-state index contributed by atoms with van der Waals surface area (Å²) in [7, 11) is 0. The van der Waals surface area contributed by atoms with Gasteiger partial charge in [-0.1, -0.05) is 40.7 Å². The molecule has 0 radical (unpaired) electrons. The molecule has 1 aromatic rings. The van der Waals surface area contributed by atoms with Crippen LogP contribution in [0.2, 0.25) is 0 Å². The lowest BCUT2D eigenvalue weighted by Gasteiger charge is -2.31. The third-order valence-corrected chi connectivity index (χ3v) is 3.98. The molecule has 0 aliphatic heterocycles. The van der Waals surface area contributed by atoms with Crippen molar-refractivity contribution < 1.29 is 4.39 Å². The van der Waals surface area contributed by atoms with E-state index in [1.165, 1.54) is 0 Å². The molecule has 0 saturated heterocycles. The van der Waals surface area contributed by atoms with E-state index >= 15 is 0 Å². The van der Waals surface area contributed by atoms with Gasteiger partial charge in [0.1, 0.15) is 5.82 Å². The summed E-state index contributed by atoms with van der Waals surface area (Å²) in [6, 6.07) is 5.56. The van der Waals surface area contributed by atoms with Gasteiger partial charge in [0.05, 0.1) is 0 Å². The van der Waals surface area contributed by atoms with E-state index in [4.69, 9.17) is 0 Å². The predicted molar refractivity (Wildman–Crippen MR) is 80.8 cm³/mol. The Hall–Kier alpha value is -0.890. The van der Waals surface area contributed by atoms with Crippen molar-refractivity contribution in [2.45, 2.75) is 54.0 Å². The Kier molecular flexibility index (Phi) is 5.54. The van der Waals surface area contributed by atoms with Crippen molar-refractivity contribution in [2.24, 2.45) is 11.3 Å². The monoisotopic (exact) mass is 265 g/mol. The van der Waals surface area contributed by atoms with Gasteiger partial charge < -0.3 is 5.32 Å². The molecule has 0 aliphatic rings. The maximum absolute atomic E-state index is 13.6. The normalized spacial score (nSPS) is 15.3. The molecule has 108 valence electrons. The van der Waals surface area contributed by atoms with Crippen LogP contribution in [0.5, 0.6) is 0 Å². The van der Waals surface area contributed by atoms with Crippen molar-refractivity contribution in [1.29, 1.82) is 0 Å². The molecule has 2 heteroatoms. The molecule has 0 fully saturated rings. The Bertz CT molecular complexity index is 386. The molecule has 0 heterocycles. The number of halogens is 1. The second-order valence-corrected chi connectivity index (χ2v) is 6.67. The average molecular weight is 265 g/mol. The zero-order valence-corrected chi connectivity index (χ0v) is 13.2. The summed E-state index contributed by atoms with van der Waals surface area (Å²) in [5, 5.41) is 3.49. The molecule has 19 heavy (non-hydrogen) atoms. The van der Waals surface area contributed by atoms with E-state index in [9.17, 15) is 4.39 Å². The number of aryl methyl sites for hydroxylation is 1. The fourth-order valence-electron chi connectivity index (χ4n) is 2.26. The highest BCUT2D eigenvalue weighted by Crippen LogP contribution is 2.33. The maximum Gasteiger partial charge on any atom is 0.123 e. The lowest BCUT2D eigenvalue weighted by molar-refractivity contribution is 0.224. The summed E-state index contributed by atoms with van der Waals surface area (Å²) >= 11 is 0. The van der Waals surface area contributed by atoms with Crippen LogP contribution in [0.3, 0.4) is 0 Å². The van der Waals surface area contributed by atoms with Gasteiger partial charge in [-0.05, 0) is 54.5 Å². The quantitative estimate of drug-likeness (QED) is 0.802. The molecule has 0 aromatic heterocycles. The van der Waals surface area contributed by atoms with Gasteiger partial charge in [-0.25, -0.2) is 4.39 Å². The SMILES string of the molecule is CCNC(CC(C)C(C)(C)C)c1cc(C)cc(F)c1. The highest BCUT2D eigenvalue weighted by molar-refractivity contribution is 5.26. The molecule has 0 aliphatic carbocycles. The Morgan fingerprint density at radius 2 is 1.84 bits per heavy atom. The highest BCUT2D eigenvalue weighted by Gasteiger charge is 2.24.